The van der Waals surface area contributed by atoms with Gasteiger partial charge in [-0.1, -0.05) is 18.2 Å². The highest BCUT2D eigenvalue weighted by Gasteiger charge is 2.71. The number of anilines is 1. The summed E-state index contributed by atoms with van der Waals surface area (Å²) in [7, 11) is 0. The Bertz CT molecular complexity index is 865. The van der Waals surface area contributed by atoms with Crippen LogP contribution in [0.1, 0.15) is 25.3 Å². The van der Waals surface area contributed by atoms with Crippen molar-refractivity contribution in [1.29, 1.82) is 0 Å². The number of carbonyl (C=O) groups excluding carboxylic acids is 3. The number of carbonyl (C=O) groups is 3. The number of rotatable bonds is 3. The second-order valence-electron chi connectivity index (χ2n) is 8.14. The first-order chi connectivity index (χ1) is 13.4. The fourth-order valence-corrected chi connectivity index (χ4v) is 5.33. The Balaban J connectivity index is 1.59. The molecule has 3 amide bonds. The first-order valence-corrected chi connectivity index (χ1v) is 9.78. The minimum absolute atomic E-state index is 0.162. The Hall–Kier alpha value is -2.29. The van der Waals surface area contributed by atoms with Crippen molar-refractivity contribution in [3.8, 4) is 0 Å². The van der Waals surface area contributed by atoms with Crippen molar-refractivity contribution in [2.24, 2.45) is 11.8 Å². The number of hydrogen-bond acceptors (Lipinski definition) is 6. The molecule has 0 saturated carbocycles. The molecular formula is C20H23N3O5. The van der Waals surface area contributed by atoms with Crippen LogP contribution in [0.2, 0.25) is 0 Å². The van der Waals surface area contributed by atoms with Gasteiger partial charge in [-0.15, -0.1) is 0 Å². The Kier molecular flexibility index (Phi) is 3.88. The van der Waals surface area contributed by atoms with Gasteiger partial charge < -0.3 is 15.2 Å². The highest BCUT2D eigenvalue weighted by atomic mass is 16.5. The minimum atomic E-state index is -1.35. The van der Waals surface area contributed by atoms with Crippen LogP contribution in [0.15, 0.2) is 24.3 Å². The first-order valence-electron chi connectivity index (χ1n) is 9.78. The molecule has 0 unspecified atom stereocenters. The molecule has 4 aliphatic rings. The molecule has 0 aromatic heterocycles. The quantitative estimate of drug-likeness (QED) is 0.631. The normalized spacial score (nSPS) is 37.5. The lowest BCUT2D eigenvalue weighted by Gasteiger charge is -2.30. The number of aliphatic hydroxyl groups excluding tert-OH is 1. The van der Waals surface area contributed by atoms with Gasteiger partial charge in [0.05, 0.1) is 30.6 Å². The molecule has 1 aromatic carbocycles. The van der Waals surface area contributed by atoms with Crippen molar-refractivity contribution in [3.63, 3.8) is 0 Å². The number of ether oxygens (including phenoxy) is 1. The monoisotopic (exact) mass is 385 g/mol. The fraction of sp³-hybridized carbons (Fsp3) is 0.550. The van der Waals surface area contributed by atoms with Gasteiger partial charge in [-0.25, -0.2) is 0 Å². The lowest BCUT2D eigenvalue weighted by Crippen LogP contribution is -2.55. The Morgan fingerprint density at radius 2 is 2.07 bits per heavy atom. The minimum Gasteiger partial charge on any atom is -0.392 e. The highest BCUT2D eigenvalue weighted by Crippen LogP contribution is 2.53. The Labute approximate surface area is 162 Å². The SMILES string of the molecule is C[C@@H](O)[C@H]1N[C@@]2(C(=O)Nc3ccccc32)[C@H]2C(=O)N(C[C@@H]3CCCO3)C(=O)[C@H]12. The maximum absolute atomic E-state index is 13.4. The van der Waals surface area contributed by atoms with Crippen LogP contribution >= 0.6 is 0 Å². The molecule has 5 rings (SSSR count). The topological polar surface area (TPSA) is 108 Å². The predicted molar refractivity (Wildman–Crippen MR) is 98.0 cm³/mol. The molecule has 3 fully saturated rings. The van der Waals surface area contributed by atoms with E-state index in [2.05, 4.69) is 10.6 Å². The number of imide groups is 1. The molecule has 1 spiro atoms. The number of aliphatic hydroxyl groups is 1. The van der Waals surface area contributed by atoms with E-state index in [0.717, 1.165) is 12.8 Å². The molecule has 0 radical (unpaired) electrons. The van der Waals surface area contributed by atoms with Gasteiger partial charge in [-0.3, -0.25) is 24.6 Å². The van der Waals surface area contributed by atoms with Gasteiger partial charge in [0.25, 0.3) is 0 Å². The second kappa shape index (κ2) is 6.10. The maximum Gasteiger partial charge on any atom is 0.250 e. The third kappa shape index (κ3) is 2.19. The van der Waals surface area contributed by atoms with Crippen LogP contribution in [0.5, 0.6) is 0 Å². The van der Waals surface area contributed by atoms with Crippen LogP contribution in [-0.4, -0.2) is 59.1 Å². The average Bonchev–Trinajstić information content (AvgIpc) is 3.41. The number of para-hydroxylation sites is 1. The summed E-state index contributed by atoms with van der Waals surface area (Å²) in [6.07, 6.45) is 0.654. The van der Waals surface area contributed by atoms with E-state index >= 15 is 0 Å². The Morgan fingerprint density at radius 3 is 2.79 bits per heavy atom. The van der Waals surface area contributed by atoms with E-state index in [1.54, 1.807) is 25.1 Å². The number of benzene rings is 1. The lowest BCUT2D eigenvalue weighted by molar-refractivity contribution is -0.144. The Morgan fingerprint density at radius 1 is 1.29 bits per heavy atom. The third-order valence-corrected chi connectivity index (χ3v) is 6.58. The second-order valence-corrected chi connectivity index (χ2v) is 8.14. The van der Waals surface area contributed by atoms with Gasteiger partial charge in [0.2, 0.25) is 17.7 Å². The number of fused-ring (bicyclic) bond motifs is 4. The first kappa shape index (κ1) is 17.8. The third-order valence-electron chi connectivity index (χ3n) is 6.58. The summed E-state index contributed by atoms with van der Waals surface area (Å²) in [4.78, 5) is 41.0. The molecule has 0 bridgehead atoms. The van der Waals surface area contributed by atoms with E-state index in [-0.39, 0.29) is 30.4 Å². The molecule has 8 nitrogen and oxygen atoms in total. The highest BCUT2D eigenvalue weighted by molar-refractivity contribution is 6.15. The molecule has 0 aliphatic carbocycles. The van der Waals surface area contributed by atoms with Gasteiger partial charge in [-0.2, -0.15) is 0 Å². The van der Waals surface area contributed by atoms with Gasteiger partial charge in [0.15, 0.2) is 0 Å². The molecule has 8 heteroatoms. The molecule has 148 valence electrons. The van der Waals surface area contributed by atoms with E-state index in [1.165, 1.54) is 4.90 Å². The molecule has 3 saturated heterocycles. The zero-order chi connectivity index (χ0) is 19.6. The zero-order valence-corrected chi connectivity index (χ0v) is 15.6. The number of nitrogens with one attached hydrogen (secondary N) is 2. The largest absolute Gasteiger partial charge is 0.392 e. The van der Waals surface area contributed by atoms with E-state index in [1.807, 2.05) is 6.07 Å². The van der Waals surface area contributed by atoms with Crippen molar-refractivity contribution in [2.75, 3.05) is 18.5 Å². The molecule has 28 heavy (non-hydrogen) atoms. The van der Waals surface area contributed by atoms with E-state index < -0.39 is 29.5 Å². The van der Waals surface area contributed by atoms with Crippen LogP contribution in [0.3, 0.4) is 0 Å². The molecule has 4 heterocycles. The van der Waals surface area contributed by atoms with Gasteiger partial charge in [0, 0.05) is 23.9 Å². The van der Waals surface area contributed by atoms with Crippen molar-refractivity contribution in [1.82, 2.24) is 10.2 Å². The summed E-state index contributed by atoms with van der Waals surface area (Å²) in [5, 5.41) is 16.4. The maximum atomic E-state index is 13.4. The standard InChI is InChI=1S/C20H23N3O5/c1-10(24)16-14-15(18(26)23(17(14)25)9-11-5-4-8-28-11)20(22-16)12-6-2-3-7-13(12)21-19(20)27/h2-3,6-7,10-11,14-16,22,24H,4-5,8-9H2,1H3,(H,21,27)/t10-,11+,14+,15-,16-,20-/m1/s1. The van der Waals surface area contributed by atoms with Gasteiger partial charge in [0.1, 0.15) is 5.54 Å². The summed E-state index contributed by atoms with van der Waals surface area (Å²) in [6.45, 7) is 2.41. The van der Waals surface area contributed by atoms with E-state index in [4.69, 9.17) is 4.74 Å². The summed E-state index contributed by atoms with van der Waals surface area (Å²) in [5.41, 5.74) is -0.0675. The van der Waals surface area contributed by atoms with Crippen molar-refractivity contribution < 1.29 is 24.2 Å². The lowest BCUT2D eigenvalue weighted by atomic mass is 9.76. The van der Waals surface area contributed by atoms with E-state index in [0.29, 0.717) is 17.9 Å². The summed E-state index contributed by atoms with van der Waals surface area (Å²) in [5.74, 6) is -2.73. The summed E-state index contributed by atoms with van der Waals surface area (Å²) < 4.78 is 5.61. The van der Waals surface area contributed by atoms with Crippen molar-refractivity contribution in [3.05, 3.63) is 29.8 Å². The average molecular weight is 385 g/mol. The van der Waals surface area contributed by atoms with Crippen molar-refractivity contribution in [2.45, 2.75) is 43.6 Å². The summed E-state index contributed by atoms with van der Waals surface area (Å²) in [6, 6.07) is 6.50. The summed E-state index contributed by atoms with van der Waals surface area (Å²) >= 11 is 0. The molecule has 6 atom stereocenters. The van der Waals surface area contributed by atoms with E-state index in [9.17, 15) is 19.5 Å². The van der Waals surface area contributed by atoms with Crippen LogP contribution in [-0.2, 0) is 24.7 Å². The van der Waals surface area contributed by atoms with Crippen LogP contribution in [0.25, 0.3) is 0 Å². The smallest absolute Gasteiger partial charge is 0.250 e. The molecule has 1 aromatic rings. The van der Waals surface area contributed by atoms with Crippen LogP contribution in [0.4, 0.5) is 5.69 Å². The van der Waals surface area contributed by atoms with Crippen LogP contribution in [0, 0.1) is 11.8 Å². The van der Waals surface area contributed by atoms with Crippen LogP contribution < -0.4 is 10.6 Å². The zero-order valence-electron chi connectivity index (χ0n) is 15.6. The van der Waals surface area contributed by atoms with Gasteiger partial charge >= 0.3 is 0 Å². The van der Waals surface area contributed by atoms with Gasteiger partial charge in [-0.05, 0) is 25.8 Å². The number of hydrogen-bond donors (Lipinski definition) is 3. The molecule has 3 N–H and O–H groups in total. The molecular weight excluding hydrogens is 362 g/mol. The number of nitrogens with zero attached hydrogens (tertiary/aromatic N) is 1. The van der Waals surface area contributed by atoms with Crippen molar-refractivity contribution >= 4 is 23.4 Å². The number of amides is 3. The number of likely N-dealkylation sites (tertiary alicyclic amines) is 1. The fourth-order valence-electron chi connectivity index (χ4n) is 5.33. The predicted octanol–water partition coefficient (Wildman–Crippen LogP) is -0.0332. The molecule has 4 aliphatic heterocycles.